The summed E-state index contributed by atoms with van der Waals surface area (Å²) >= 11 is 0. The molecule has 0 N–H and O–H groups in total. The van der Waals surface area contributed by atoms with Gasteiger partial charge in [-0.05, 0) is 74.3 Å². The van der Waals surface area contributed by atoms with E-state index in [1.807, 2.05) is 23.1 Å². The number of hydrogen-bond acceptors (Lipinski definition) is 5. The van der Waals surface area contributed by atoms with Crippen molar-refractivity contribution in [3.8, 4) is 5.75 Å². The fourth-order valence-corrected chi connectivity index (χ4v) is 5.56. The molecule has 1 aromatic carbocycles. The number of Topliss-reactive ketones (excluding diaryl/α,β-unsaturated/α-hetero) is 1. The normalized spacial score (nSPS) is 22.1. The number of nitrogens with zero attached hydrogens (tertiary/aromatic N) is 3. The molecule has 6 nitrogen and oxygen atoms in total. The Labute approximate surface area is 194 Å². The number of piperidine rings is 1. The largest absolute Gasteiger partial charge is 0.488 e. The number of benzene rings is 1. The number of aromatic nitrogens is 1. The van der Waals surface area contributed by atoms with E-state index < -0.39 is 0 Å². The van der Waals surface area contributed by atoms with E-state index in [9.17, 15) is 9.59 Å². The molecule has 6 heteroatoms. The van der Waals surface area contributed by atoms with Gasteiger partial charge in [-0.3, -0.25) is 9.59 Å². The summed E-state index contributed by atoms with van der Waals surface area (Å²) in [6, 6.07) is 8.03. The highest BCUT2D eigenvalue weighted by atomic mass is 16.5. The summed E-state index contributed by atoms with van der Waals surface area (Å²) < 4.78 is 5.91. The van der Waals surface area contributed by atoms with Gasteiger partial charge in [0.25, 0.3) is 5.91 Å². The lowest BCUT2D eigenvalue weighted by molar-refractivity contribution is 0.0723. The Bertz CT molecular complexity index is 1090. The predicted octanol–water partition coefficient (Wildman–Crippen LogP) is 4.78. The Kier molecular flexibility index (Phi) is 5.31. The Morgan fingerprint density at radius 1 is 1.06 bits per heavy atom. The SMILES string of the molecule is O=C1c2ccc(N3CCOc4cc(C(=O)N5CCCCC5)cnc43)cc2CC1CCC1CC1. The third-order valence-electron chi connectivity index (χ3n) is 7.67. The van der Waals surface area contributed by atoms with Gasteiger partial charge >= 0.3 is 0 Å². The summed E-state index contributed by atoms with van der Waals surface area (Å²) in [7, 11) is 0. The molecule has 4 aliphatic rings. The van der Waals surface area contributed by atoms with Gasteiger partial charge in [-0.2, -0.15) is 0 Å². The van der Waals surface area contributed by atoms with Crippen LogP contribution in [0, 0.1) is 11.8 Å². The number of fused-ring (bicyclic) bond motifs is 2. The zero-order valence-electron chi connectivity index (χ0n) is 19.1. The van der Waals surface area contributed by atoms with Crippen LogP contribution in [0.4, 0.5) is 11.5 Å². The van der Waals surface area contributed by atoms with Crippen LogP contribution in [0.3, 0.4) is 0 Å². The Balaban J connectivity index is 1.22. The number of hydrogen-bond donors (Lipinski definition) is 0. The van der Waals surface area contributed by atoms with E-state index >= 15 is 0 Å². The van der Waals surface area contributed by atoms with Gasteiger partial charge in [0, 0.05) is 36.5 Å². The highest BCUT2D eigenvalue weighted by Gasteiger charge is 2.33. The first-order valence-corrected chi connectivity index (χ1v) is 12.5. The molecule has 2 aliphatic heterocycles. The lowest BCUT2D eigenvalue weighted by Crippen LogP contribution is -2.36. The maximum Gasteiger partial charge on any atom is 0.255 e. The number of rotatable bonds is 5. The van der Waals surface area contributed by atoms with Crippen LogP contribution in [0.25, 0.3) is 0 Å². The van der Waals surface area contributed by atoms with Crippen LogP contribution in [0.5, 0.6) is 5.75 Å². The van der Waals surface area contributed by atoms with Crippen molar-refractivity contribution in [3.05, 3.63) is 47.2 Å². The molecule has 1 aromatic heterocycles. The number of amides is 1. The molecule has 2 fully saturated rings. The number of carbonyl (C=O) groups is 2. The van der Waals surface area contributed by atoms with Gasteiger partial charge in [-0.25, -0.2) is 4.98 Å². The Hall–Kier alpha value is -2.89. The summed E-state index contributed by atoms with van der Waals surface area (Å²) in [6.07, 6.45) is 10.7. The summed E-state index contributed by atoms with van der Waals surface area (Å²) in [4.78, 5) is 34.5. The fourth-order valence-electron chi connectivity index (χ4n) is 5.56. The second-order valence-corrected chi connectivity index (χ2v) is 10.0. The first-order valence-electron chi connectivity index (χ1n) is 12.5. The molecule has 2 aromatic rings. The van der Waals surface area contributed by atoms with Crippen LogP contribution in [0.15, 0.2) is 30.5 Å². The van der Waals surface area contributed by atoms with Gasteiger partial charge in [0.1, 0.15) is 6.61 Å². The standard InChI is InChI=1S/C27H31N3O3/c31-25-19(7-6-18-4-5-18)14-20-15-22(8-9-23(20)25)30-12-13-33-24-16-21(17-28-26(24)30)27(32)29-10-2-1-3-11-29/h8-9,15-19H,1-7,10-14H2. The number of anilines is 2. The molecule has 3 heterocycles. The molecule has 1 saturated carbocycles. The topological polar surface area (TPSA) is 62.7 Å². The third-order valence-corrected chi connectivity index (χ3v) is 7.67. The predicted molar refractivity (Wildman–Crippen MR) is 126 cm³/mol. The minimum atomic E-state index is 0.0407. The molecular weight excluding hydrogens is 414 g/mol. The van der Waals surface area contributed by atoms with Crippen molar-refractivity contribution in [2.45, 2.75) is 51.4 Å². The molecule has 0 bridgehead atoms. The Morgan fingerprint density at radius 3 is 2.73 bits per heavy atom. The fraction of sp³-hybridized carbons (Fsp3) is 0.519. The average Bonchev–Trinajstić information content (AvgIpc) is 3.64. The van der Waals surface area contributed by atoms with Gasteiger partial charge in [-0.1, -0.05) is 12.8 Å². The van der Waals surface area contributed by atoms with E-state index in [0.717, 1.165) is 67.3 Å². The third kappa shape index (κ3) is 4.00. The van der Waals surface area contributed by atoms with Gasteiger partial charge in [-0.15, -0.1) is 0 Å². The second-order valence-electron chi connectivity index (χ2n) is 10.0. The highest BCUT2D eigenvalue weighted by Crippen LogP contribution is 2.40. The van der Waals surface area contributed by atoms with Crippen LogP contribution in [-0.4, -0.2) is 47.8 Å². The lowest BCUT2D eigenvalue weighted by Gasteiger charge is -2.31. The average molecular weight is 446 g/mol. The zero-order valence-corrected chi connectivity index (χ0v) is 19.1. The molecule has 1 atom stereocenters. The molecular formula is C27H31N3O3. The second kappa shape index (κ2) is 8.47. The maximum absolute atomic E-state index is 12.9. The number of pyridine rings is 1. The van der Waals surface area contributed by atoms with E-state index in [-0.39, 0.29) is 11.8 Å². The first-order chi connectivity index (χ1) is 16.2. The number of ketones is 1. The van der Waals surface area contributed by atoms with E-state index in [0.29, 0.717) is 30.2 Å². The maximum atomic E-state index is 12.9. The molecule has 2 aliphatic carbocycles. The summed E-state index contributed by atoms with van der Waals surface area (Å²) in [5, 5.41) is 0. The van der Waals surface area contributed by atoms with Crippen molar-refractivity contribution >= 4 is 23.2 Å². The van der Waals surface area contributed by atoms with Crippen molar-refractivity contribution in [3.63, 3.8) is 0 Å². The molecule has 1 unspecified atom stereocenters. The summed E-state index contributed by atoms with van der Waals surface area (Å²) in [5.74, 6) is 2.76. The van der Waals surface area contributed by atoms with Crippen LogP contribution >= 0.6 is 0 Å². The van der Waals surface area contributed by atoms with Crippen molar-refractivity contribution in [1.29, 1.82) is 0 Å². The minimum absolute atomic E-state index is 0.0407. The Morgan fingerprint density at radius 2 is 1.91 bits per heavy atom. The van der Waals surface area contributed by atoms with E-state index in [1.54, 1.807) is 6.20 Å². The molecule has 33 heavy (non-hydrogen) atoms. The van der Waals surface area contributed by atoms with Crippen LogP contribution < -0.4 is 9.64 Å². The van der Waals surface area contributed by atoms with Crippen molar-refractivity contribution in [1.82, 2.24) is 9.88 Å². The van der Waals surface area contributed by atoms with Crippen LogP contribution in [0.1, 0.15) is 71.2 Å². The van der Waals surface area contributed by atoms with Gasteiger partial charge in [0.15, 0.2) is 17.4 Å². The minimum Gasteiger partial charge on any atom is -0.488 e. The van der Waals surface area contributed by atoms with Crippen LogP contribution in [0.2, 0.25) is 0 Å². The van der Waals surface area contributed by atoms with Gasteiger partial charge in [0.2, 0.25) is 0 Å². The quantitative estimate of drug-likeness (QED) is 0.663. The van der Waals surface area contributed by atoms with Crippen molar-refractivity contribution < 1.29 is 14.3 Å². The van der Waals surface area contributed by atoms with Gasteiger partial charge < -0.3 is 14.5 Å². The van der Waals surface area contributed by atoms with Gasteiger partial charge in [0.05, 0.1) is 12.1 Å². The first kappa shape index (κ1) is 20.7. The van der Waals surface area contributed by atoms with Crippen molar-refractivity contribution in [2.24, 2.45) is 11.8 Å². The molecule has 0 radical (unpaired) electrons. The smallest absolute Gasteiger partial charge is 0.255 e. The number of ether oxygens (including phenoxy) is 1. The molecule has 172 valence electrons. The lowest BCUT2D eigenvalue weighted by atomic mass is 9.97. The molecule has 0 spiro atoms. The summed E-state index contributed by atoms with van der Waals surface area (Å²) in [6.45, 7) is 2.87. The van der Waals surface area contributed by atoms with E-state index in [4.69, 9.17) is 4.74 Å². The van der Waals surface area contributed by atoms with E-state index in [1.165, 1.54) is 25.7 Å². The molecule has 1 amide bonds. The summed E-state index contributed by atoms with van der Waals surface area (Å²) in [5.41, 5.74) is 3.68. The monoisotopic (exact) mass is 445 g/mol. The molecule has 1 saturated heterocycles. The molecule has 6 rings (SSSR count). The number of likely N-dealkylation sites (tertiary alicyclic amines) is 1. The zero-order chi connectivity index (χ0) is 22.4. The highest BCUT2D eigenvalue weighted by molar-refractivity contribution is 6.02. The number of carbonyl (C=O) groups excluding carboxylic acids is 2. The van der Waals surface area contributed by atoms with Crippen LogP contribution in [-0.2, 0) is 6.42 Å². The van der Waals surface area contributed by atoms with Crippen molar-refractivity contribution in [2.75, 3.05) is 31.1 Å². The van der Waals surface area contributed by atoms with E-state index in [2.05, 4.69) is 16.0 Å².